The van der Waals surface area contributed by atoms with Gasteiger partial charge in [-0.05, 0) is 27.4 Å². The van der Waals surface area contributed by atoms with Crippen LogP contribution in [0.3, 0.4) is 0 Å². The fourth-order valence-corrected chi connectivity index (χ4v) is 0. The second-order valence-corrected chi connectivity index (χ2v) is 1.76. The van der Waals surface area contributed by atoms with Crippen LogP contribution in [-0.4, -0.2) is 25.3 Å². The van der Waals surface area contributed by atoms with E-state index in [9.17, 15) is 0 Å². The Kier molecular flexibility index (Phi) is 13.6. The van der Waals surface area contributed by atoms with Crippen molar-refractivity contribution >= 4 is 0 Å². The molecule has 0 rings (SSSR count). The molecule has 2 N–H and O–H groups in total. The van der Waals surface area contributed by atoms with Crippen molar-refractivity contribution < 1.29 is 5.11 Å². The van der Waals surface area contributed by atoms with Crippen molar-refractivity contribution in [1.29, 1.82) is 0 Å². The van der Waals surface area contributed by atoms with Crippen LogP contribution in [0, 0.1) is 0 Å². The fraction of sp³-hybridized carbons (Fsp3) is 1.00. The van der Waals surface area contributed by atoms with Crippen LogP contribution in [0.25, 0.3) is 0 Å². The van der Waals surface area contributed by atoms with Gasteiger partial charge in [-0.3, -0.25) is 0 Å². The molecular weight excluding hydrogens is 102 g/mol. The van der Waals surface area contributed by atoms with E-state index in [-0.39, 0.29) is 6.10 Å². The van der Waals surface area contributed by atoms with Crippen molar-refractivity contribution in [2.45, 2.75) is 26.4 Å². The third kappa shape index (κ3) is 38.9. The molecule has 0 bridgehead atoms. The van der Waals surface area contributed by atoms with Gasteiger partial charge in [0.2, 0.25) is 0 Å². The van der Waals surface area contributed by atoms with Crippen LogP contribution >= 0.6 is 0 Å². The van der Waals surface area contributed by atoms with Gasteiger partial charge >= 0.3 is 0 Å². The molecule has 0 spiro atoms. The molecule has 0 radical (unpaired) electrons. The van der Waals surface area contributed by atoms with E-state index in [0.717, 1.165) is 6.42 Å². The zero-order valence-electron chi connectivity index (χ0n) is 6.23. The smallest absolute Gasteiger partial charge is 0.0509 e. The molecule has 0 fully saturated rings. The highest BCUT2D eigenvalue weighted by molar-refractivity contribution is 4.34. The summed E-state index contributed by atoms with van der Waals surface area (Å²) in [6, 6.07) is 0. The number of rotatable bonds is 1. The first-order valence-corrected chi connectivity index (χ1v) is 2.95. The summed E-state index contributed by atoms with van der Waals surface area (Å²) < 4.78 is 0. The van der Waals surface area contributed by atoms with Crippen molar-refractivity contribution in [2.24, 2.45) is 0 Å². The van der Waals surface area contributed by atoms with E-state index >= 15 is 0 Å². The molecule has 0 aliphatic heterocycles. The van der Waals surface area contributed by atoms with E-state index in [1.54, 1.807) is 6.92 Å². The van der Waals surface area contributed by atoms with E-state index in [1.165, 1.54) is 0 Å². The molecule has 0 aromatic heterocycles. The van der Waals surface area contributed by atoms with Crippen LogP contribution in [0.15, 0.2) is 0 Å². The summed E-state index contributed by atoms with van der Waals surface area (Å²) in [5.41, 5.74) is 0. The van der Waals surface area contributed by atoms with Gasteiger partial charge in [-0.2, -0.15) is 0 Å². The minimum atomic E-state index is -0.116. The lowest BCUT2D eigenvalue weighted by atomic mass is 10.3. The predicted molar refractivity (Wildman–Crippen MR) is 37.0 cm³/mol. The quantitative estimate of drug-likeness (QED) is 0.530. The Bertz CT molecular complexity index is 29.7. The molecular formula is C6H17NO. The molecule has 0 aromatic rings. The van der Waals surface area contributed by atoms with Crippen LogP contribution in [0.4, 0.5) is 0 Å². The third-order valence-electron chi connectivity index (χ3n) is 0.591. The molecule has 0 saturated heterocycles. The Balaban J connectivity index is 0. The molecule has 2 nitrogen and oxygen atoms in total. The highest BCUT2D eigenvalue weighted by Crippen LogP contribution is 1.81. The van der Waals surface area contributed by atoms with E-state index in [0.29, 0.717) is 0 Å². The number of nitrogens with one attached hydrogen (secondary N) is 1. The van der Waals surface area contributed by atoms with Crippen LogP contribution in [-0.2, 0) is 0 Å². The van der Waals surface area contributed by atoms with E-state index < -0.39 is 0 Å². The Morgan fingerprint density at radius 3 is 1.62 bits per heavy atom. The fourth-order valence-electron chi connectivity index (χ4n) is 0. The van der Waals surface area contributed by atoms with Crippen molar-refractivity contribution in [3.8, 4) is 0 Å². The minimum absolute atomic E-state index is 0.116. The Labute approximate surface area is 51.9 Å². The van der Waals surface area contributed by atoms with Gasteiger partial charge in [0.25, 0.3) is 0 Å². The number of hydrogen-bond donors (Lipinski definition) is 2. The molecule has 0 aliphatic carbocycles. The standard InChI is InChI=1S/C4H10O.C2H7N/c1-3-4(2)5;1-3-2/h4-5H,3H2,1-2H3;3H,1-2H3. The summed E-state index contributed by atoms with van der Waals surface area (Å²) in [5, 5.41) is 11.1. The van der Waals surface area contributed by atoms with Crippen LogP contribution in [0.2, 0.25) is 0 Å². The summed E-state index contributed by atoms with van der Waals surface area (Å²) in [7, 11) is 3.75. The molecule has 0 saturated carbocycles. The molecule has 1 unspecified atom stereocenters. The second-order valence-electron chi connectivity index (χ2n) is 1.76. The van der Waals surface area contributed by atoms with E-state index in [1.807, 2.05) is 21.0 Å². The van der Waals surface area contributed by atoms with Crippen molar-refractivity contribution in [1.82, 2.24) is 5.32 Å². The molecule has 2 heteroatoms. The largest absolute Gasteiger partial charge is 0.393 e. The van der Waals surface area contributed by atoms with Gasteiger partial charge in [0, 0.05) is 0 Å². The van der Waals surface area contributed by atoms with Gasteiger partial charge in [-0.15, -0.1) is 0 Å². The van der Waals surface area contributed by atoms with Gasteiger partial charge in [-0.1, -0.05) is 6.92 Å². The lowest BCUT2D eigenvalue weighted by molar-refractivity contribution is 0.191. The van der Waals surface area contributed by atoms with Crippen LogP contribution in [0.5, 0.6) is 0 Å². The monoisotopic (exact) mass is 119 g/mol. The number of aliphatic hydroxyl groups is 1. The van der Waals surface area contributed by atoms with Crippen molar-refractivity contribution in [3.05, 3.63) is 0 Å². The van der Waals surface area contributed by atoms with Crippen molar-refractivity contribution in [3.63, 3.8) is 0 Å². The molecule has 0 aliphatic rings. The van der Waals surface area contributed by atoms with Gasteiger partial charge in [-0.25, -0.2) is 0 Å². The van der Waals surface area contributed by atoms with Crippen LogP contribution < -0.4 is 5.32 Å². The van der Waals surface area contributed by atoms with Gasteiger partial charge in [0.15, 0.2) is 0 Å². The summed E-state index contributed by atoms with van der Waals surface area (Å²) in [5.74, 6) is 0. The van der Waals surface area contributed by atoms with Crippen molar-refractivity contribution in [2.75, 3.05) is 14.1 Å². The zero-order chi connectivity index (χ0) is 6.99. The summed E-state index contributed by atoms with van der Waals surface area (Å²) in [6.45, 7) is 3.73. The van der Waals surface area contributed by atoms with E-state index in [4.69, 9.17) is 5.11 Å². The topological polar surface area (TPSA) is 32.3 Å². The first kappa shape index (κ1) is 10.8. The van der Waals surface area contributed by atoms with Crippen LogP contribution in [0.1, 0.15) is 20.3 Å². The summed E-state index contributed by atoms with van der Waals surface area (Å²) >= 11 is 0. The molecule has 0 aromatic carbocycles. The average Bonchev–Trinajstić information content (AvgIpc) is 1.69. The zero-order valence-corrected chi connectivity index (χ0v) is 6.23. The molecule has 0 amide bonds. The highest BCUT2D eigenvalue weighted by atomic mass is 16.3. The first-order valence-electron chi connectivity index (χ1n) is 2.95. The lowest BCUT2D eigenvalue weighted by Gasteiger charge is -1.90. The Morgan fingerprint density at radius 1 is 1.50 bits per heavy atom. The average molecular weight is 119 g/mol. The normalized spacial score (nSPS) is 11.6. The maximum atomic E-state index is 8.36. The number of aliphatic hydroxyl groups excluding tert-OH is 1. The molecule has 0 heterocycles. The second kappa shape index (κ2) is 10.0. The predicted octanol–water partition coefficient (Wildman–Crippen LogP) is 0.613. The summed E-state index contributed by atoms with van der Waals surface area (Å²) in [6.07, 6.45) is 0.745. The highest BCUT2D eigenvalue weighted by Gasteiger charge is 1.81. The maximum absolute atomic E-state index is 8.36. The third-order valence-corrected chi connectivity index (χ3v) is 0.591. The Hall–Kier alpha value is -0.0800. The van der Waals surface area contributed by atoms with E-state index in [2.05, 4.69) is 5.32 Å². The Morgan fingerprint density at radius 2 is 1.62 bits per heavy atom. The maximum Gasteiger partial charge on any atom is 0.0509 e. The molecule has 8 heavy (non-hydrogen) atoms. The first-order chi connectivity index (χ1) is 3.68. The summed E-state index contributed by atoms with van der Waals surface area (Å²) in [4.78, 5) is 0. The SMILES string of the molecule is CCC(C)O.CNC. The van der Waals surface area contributed by atoms with Gasteiger partial charge < -0.3 is 10.4 Å². The molecule has 1 atom stereocenters. The lowest BCUT2D eigenvalue weighted by Crippen LogP contribution is -1.93. The van der Waals surface area contributed by atoms with Gasteiger partial charge in [0.05, 0.1) is 6.10 Å². The minimum Gasteiger partial charge on any atom is -0.393 e. The van der Waals surface area contributed by atoms with Gasteiger partial charge in [0.1, 0.15) is 0 Å². The molecule has 52 valence electrons. The number of hydrogen-bond acceptors (Lipinski definition) is 2.